The number of aryl methyl sites for hydroxylation is 1. The van der Waals surface area contributed by atoms with Gasteiger partial charge >= 0.3 is 0 Å². The Balaban J connectivity index is 1.88. The van der Waals surface area contributed by atoms with Crippen LogP contribution in [0.15, 0.2) is 53.7 Å². The normalized spacial score (nSPS) is 10.8. The van der Waals surface area contributed by atoms with Crippen molar-refractivity contribution in [2.75, 3.05) is 6.61 Å². The number of ether oxygens (including phenoxy) is 1. The Kier molecular flexibility index (Phi) is 5.44. The molecule has 4 heteroatoms. The van der Waals surface area contributed by atoms with Gasteiger partial charge in [0, 0.05) is 10.6 Å². The zero-order valence-corrected chi connectivity index (χ0v) is 11.8. The molecule has 0 fully saturated rings. The van der Waals surface area contributed by atoms with E-state index >= 15 is 0 Å². The highest BCUT2D eigenvalue weighted by Gasteiger charge is 2.03. The molecule has 0 saturated carbocycles. The van der Waals surface area contributed by atoms with Gasteiger partial charge in [0.1, 0.15) is 5.75 Å². The fourth-order valence-electron chi connectivity index (χ4n) is 1.92. The third-order valence-corrected chi connectivity index (χ3v) is 3.11. The second-order valence-electron chi connectivity index (χ2n) is 4.36. The SMILES string of the molecule is O/N=C/c1cc(Cl)ccc1OCCCc1ccccc1. The molecule has 104 valence electrons. The van der Waals surface area contributed by atoms with Crippen molar-refractivity contribution in [3.05, 3.63) is 64.7 Å². The van der Waals surface area contributed by atoms with Crippen LogP contribution >= 0.6 is 11.6 Å². The summed E-state index contributed by atoms with van der Waals surface area (Å²) in [5, 5.41) is 12.2. The van der Waals surface area contributed by atoms with Crippen LogP contribution < -0.4 is 4.74 Å². The maximum Gasteiger partial charge on any atom is 0.128 e. The smallest absolute Gasteiger partial charge is 0.128 e. The molecule has 0 heterocycles. The average Bonchev–Trinajstić information content (AvgIpc) is 2.47. The topological polar surface area (TPSA) is 41.8 Å². The molecule has 3 nitrogen and oxygen atoms in total. The van der Waals surface area contributed by atoms with Gasteiger partial charge in [-0.25, -0.2) is 0 Å². The predicted octanol–water partition coefficient (Wildman–Crippen LogP) is 4.16. The second kappa shape index (κ2) is 7.56. The van der Waals surface area contributed by atoms with Gasteiger partial charge in [0.05, 0.1) is 12.8 Å². The molecule has 0 aliphatic carbocycles. The zero-order chi connectivity index (χ0) is 14.2. The monoisotopic (exact) mass is 289 g/mol. The van der Waals surface area contributed by atoms with Gasteiger partial charge in [-0.1, -0.05) is 47.1 Å². The fourth-order valence-corrected chi connectivity index (χ4v) is 2.10. The first-order chi connectivity index (χ1) is 9.79. The third-order valence-electron chi connectivity index (χ3n) is 2.88. The molecule has 1 N–H and O–H groups in total. The largest absolute Gasteiger partial charge is 0.493 e. The van der Waals surface area contributed by atoms with Crippen LogP contribution in [0.5, 0.6) is 5.75 Å². The molecular weight excluding hydrogens is 274 g/mol. The van der Waals surface area contributed by atoms with Crippen LogP contribution in [-0.2, 0) is 6.42 Å². The maximum absolute atomic E-state index is 8.63. The van der Waals surface area contributed by atoms with Crippen molar-refractivity contribution >= 4 is 17.8 Å². The van der Waals surface area contributed by atoms with Crippen molar-refractivity contribution in [1.29, 1.82) is 0 Å². The minimum atomic E-state index is 0.580. The lowest BCUT2D eigenvalue weighted by Crippen LogP contribution is -2.01. The van der Waals surface area contributed by atoms with Crippen LogP contribution in [0.2, 0.25) is 5.02 Å². The van der Waals surface area contributed by atoms with Gasteiger partial charge in [-0.05, 0) is 36.6 Å². The average molecular weight is 290 g/mol. The summed E-state index contributed by atoms with van der Waals surface area (Å²) in [6.07, 6.45) is 3.21. The highest BCUT2D eigenvalue weighted by molar-refractivity contribution is 6.30. The standard InChI is InChI=1S/C16H16ClNO2/c17-15-8-9-16(14(11-15)12-18-19)20-10-4-7-13-5-2-1-3-6-13/h1-3,5-6,8-9,11-12,19H,4,7,10H2/b18-12+. The molecule has 0 atom stereocenters. The van der Waals surface area contributed by atoms with E-state index in [4.69, 9.17) is 21.5 Å². The summed E-state index contributed by atoms with van der Waals surface area (Å²) in [6, 6.07) is 15.5. The molecule has 0 radical (unpaired) electrons. The zero-order valence-electron chi connectivity index (χ0n) is 11.0. The van der Waals surface area contributed by atoms with Gasteiger partial charge in [0.15, 0.2) is 0 Å². The highest BCUT2D eigenvalue weighted by atomic mass is 35.5. The van der Waals surface area contributed by atoms with Crippen molar-refractivity contribution in [1.82, 2.24) is 0 Å². The molecule has 0 saturated heterocycles. The van der Waals surface area contributed by atoms with Crippen molar-refractivity contribution < 1.29 is 9.94 Å². The quantitative estimate of drug-likeness (QED) is 0.375. The molecular formula is C16H16ClNO2. The molecule has 0 amide bonds. The number of hydrogen-bond acceptors (Lipinski definition) is 3. The summed E-state index contributed by atoms with van der Waals surface area (Å²) in [7, 11) is 0. The van der Waals surface area contributed by atoms with Gasteiger partial charge < -0.3 is 9.94 Å². The Labute approximate surface area is 123 Å². The van der Waals surface area contributed by atoms with Crippen LogP contribution in [0.25, 0.3) is 0 Å². The number of benzene rings is 2. The minimum absolute atomic E-state index is 0.580. The lowest BCUT2D eigenvalue weighted by Gasteiger charge is -2.09. The van der Waals surface area contributed by atoms with Crippen molar-refractivity contribution in [3.63, 3.8) is 0 Å². The van der Waals surface area contributed by atoms with Crippen molar-refractivity contribution in [2.24, 2.45) is 5.16 Å². The Morgan fingerprint density at radius 3 is 2.70 bits per heavy atom. The van der Waals surface area contributed by atoms with E-state index in [1.807, 2.05) is 18.2 Å². The van der Waals surface area contributed by atoms with E-state index in [-0.39, 0.29) is 0 Å². The Morgan fingerprint density at radius 1 is 1.15 bits per heavy atom. The van der Waals surface area contributed by atoms with E-state index in [0.717, 1.165) is 12.8 Å². The van der Waals surface area contributed by atoms with Gasteiger partial charge in [-0.3, -0.25) is 0 Å². The van der Waals surface area contributed by atoms with Gasteiger partial charge in [0.25, 0.3) is 0 Å². The molecule has 0 unspecified atom stereocenters. The van der Waals surface area contributed by atoms with E-state index in [2.05, 4.69) is 17.3 Å². The molecule has 20 heavy (non-hydrogen) atoms. The predicted molar refractivity (Wildman–Crippen MR) is 81.1 cm³/mol. The number of hydrogen-bond donors (Lipinski definition) is 1. The number of nitrogens with zero attached hydrogens (tertiary/aromatic N) is 1. The van der Waals surface area contributed by atoms with Crippen LogP contribution in [0, 0.1) is 0 Å². The molecule has 0 spiro atoms. The molecule has 0 aliphatic heterocycles. The summed E-state index contributed by atoms with van der Waals surface area (Å²) in [5.74, 6) is 0.667. The fraction of sp³-hybridized carbons (Fsp3) is 0.188. The maximum atomic E-state index is 8.63. The molecule has 0 aromatic heterocycles. The van der Waals surface area contributed by atoms with Crippen molar-refractivity contribution in [3.8, 4) is 5.75 Å². The van der Waals surface area contributed by atoms with E-state index in [1.54, 1.807) is 18.2 Å². The Hall–Kier alpha value is -2.00. The lowest BCUT2D eigenvalue weighted by atomic mass is 10.1. The Morgan fingerprint density at radius 2 is 1.95 bits per heavy atom. The van der Waals surface area contributed by atoms with Gasteiger partial charge in [-0.2, -0.15) is 0 Å². The van der Waals surface area contributed by atoms with Crippen LogP contribution in [-0.4, -0.2) is 18.0 Å². The van der Waals surface area contributed by atoms with Crippen LogP contribution in [0.1, 0.15) is 17.5 Å². The van der Waals surface area contributed by atoms with E-state index < -0.39 is 0 Å². The molecule has 0 bridgehead atoms. The van der Waals surface area contributed by atoms with Gasteiger partial charge in [-0.15, -0.1) is 0 Å². The first-order valence-electron chi connectivity index (χ1n) is 6.43. The first-order valence-corrected chi connectivity index (χ1v) is 6.81. The molecule has 2 aromatic rings. The number of oxime groups is 1. The lowest BCUT2D eigenvalue weighted by molar-refractivity contribution is 0.308. The summed E-state index contributed by atoms with van der Waals surface area (Å²) in [4.78, 5) is 0. The summed E-state index contributed by atoms with van der Waals surface area (Å²) >= 11 is 5.90. The van der Waals surface area contributed by atoms with E-state index in [1.165, 1.54) is 11.8 Å². The summed E-state index contributed by atoms with van der Waals surface area (Å²) < 4.78 is 5.71. The summed E-state index contributed by atoms with van der Waals surface area (Å²) in [6.45, 7) is 0.600. The van der Waals surface area contributed by atoms with Crippen LogP contribution in [0.3, 0.4) is 0 Å². The van der Waals surface area contributed by atoms with Crippen molar-refractivity contribution in [2.45, 2.75) is 12.8 Å². The first kappa shape index (κ1) is 14.4. The second-order valence-corrected chi connectivity index (χ2v) is 4.80. The van der Waals surface area contributed by atoms with Gasteiger partial charge in [0.2, 0.25) is 0 Å². The summed E-state index contributed by atoms with van der Waals surface area (Å²) in [5.41, 5.74) is 1.96. The molecule has 2 aromatic carbocycles. The highest BCUT2D eigenvalue weighted by Crippen LogP contribution is 2.21. The van der Waals surface area contributed by atoms with E-state index in [9.17, 15) is 0 Å². The molecule has 2 rings (SSSR count). The Bertz CT molecular complexity index is 570. The van der Waals surface area contributed by atoms with E-state index in [0.29, 0.717) is 22.9 Å². The third kappa shape index (κ3) is 4.28. The molecule has 0 aliphatic rings. The minimum Gasteiger partial charge on any atom is -0.493 e. The van der Waals surface area contributed by atoms with Crippen LogP contribution in [0.4, 0.5) is 0 Å². The number of rotatable bonds is 6. The number of halogens is 1.